The van der Waals surface area contributed by atoms with Crippen molar-refractivity contribution in [3.8, 4) is 0 Å². The maximum absolute atomic E-state index is 6.41. The van der Waals surface area contributed by atoms with Gasteiger partial charge in [0.15, 0.2) is 0 Å². The third kappa shape index (κ3) is 4.35. The van der Waals surface area contributed by atoms with Gasteiger partial charge in [0.2, 0.25) is 0 Å². The number of aryl methyl sites for hydroxylation is 2. The minimum Gasteiger partial charge on any atom is -0.327 e. The van der Waals surface area contributed by atoms with Crippen LogP contribution in [0.3, 0.4) is 0 Å². The molecule has 0 heterocycles. The SMILES string of the molecule is CCC1CCC(C(N)CCc2ccc(C)cc2)CC1. The van der Waals surface area contributed by atoms with E-state index in [9.17, 15) is 0 Å². The summed E-state index contributed by atoms with van der Waals surface area (Å²) in [6, 6.07) is 9.30. The average molecular weight is 259 g/mol. The molecule has 1 unspecified atom stereocenters. The van der Waals surface area contributed by atoms with Gasteiger partial charge in [-0.2, -0.15) is 0 Å². The molecule has 2 rings (SSSR count). The molecule has 0 bridgehead atoms. The van der Waals surface area contributed by atoms with E-state index < -0.39 is 0 Å². The van der Waals surface area contributed by atoms with Crippen LogP contribution in [0.1, 0.15) is 56.6 Å². The third-order valence-corrected chi connectivity index (χ3v) is 4.96. The fraction of sp³-hybridized carbons (Fsp3) is 0.667. The van der Waals surface area contributed by atoms with Gasteiger partial charge in [-0.25, -0.2) is 0 Å². The van der Waals surface area contributed by atoms with Crippen molar-refractivity contribution in [3.63, 3.8) is 0 Å². The summed E-state index contributed by atoms with van der Waals surface area (Å²) in [5.74, 6) is 1.74. The number of benzene rings is 1. The van der Waals surface area contributed by atoms with Crippen LogP contribution in [0.2, 0.25) is 0 Å². The smallest absolute Gasteiger partial charge is 0.00703 e. The van der Waals surface area contributed by atoms with Crippen molar-refractivity contribution in [1.82, 2.24) is 0 Å². The van der Waals surface area contributed by atoms with Gasteiger partial charge in [-0.3, -0.25) is 0 Å². The zero-order valence-corrected chi connectivity index (χ0v) is 12.6. The second-order valence-corrected chi connectivity index (χ2v) is 6.38. The van der Waals surface area contributed by atoms with Crippen LogP contribution in [0.5, 0.6) is 0 Å². The number of hydrogen-bond donors (Lipinski definition) is 1. The minimum atomic E-state index is 0.402. The molecule has 0 radical (unpaired) electrons. The van der Waals surface area contributed by atoms with Crippen LogP contribution < -0.4 is 5.73 Å². The molecule has 0 aromatic heterocycles. The van der Waals surface area contributed by atoms with Gasteiger partial charge in [0.05, 0.1) is 0 Å². The molecule has 1 aromatic carbocycles. The molecule has 0 spiro atoms. The minimum absolute atomic E-state index is 0.402. The maximum atomic E-state index is 6.41. The van der Waals surface area contributed by atoms with Crippen molar-refractivity contribution in [1.29, 1.82) is 0 Å². The normalized spacial score (nSPS) is 25.2. The summed E-state index contributed by atoms with van der Waals surface area (Å²) in [6.45, 7) is 4.46. The molecule has 1 saturated carbocycles. The Labute approximate surface area is 118 Å². The first-order chi connectivity index (χ1) is 9.19. The van der Waals surface area contributed by atoms with Crippen molar-refractivity contribution >= 4 is 0 Å². The summed E-state index contributed by atoms with van der Waals surface area (Å²) in [5.41, 5.74) is 9.19. The number of hydrogen-bond acceptors (Lipinski definition) is 1. The van der Waals surface area contributed by atoms with E-state index in [1.807, 2.05) is 0 Å². The van der Waals surface area contributed by atoms with Gasteiger partial charge in [-0.05, 0) is 50.0 Å². The molecule has 0 aliphatic heterocycles. The zero-order chi connectivity index (χ0) is 13.7. The molecule has 1 aliphatic carbocycles. The van der Waals surface area contributed by atoms with Gasteiger partial charge in [0, 0.05) is 6.04 Å². The van der Waals surface area contributed by atoms with E-state index in [-0.39, 0.29) is 0 Å². The highest BCUT2D eigenvalue weighted by atomic mass is 14.6. The first-order valence-electron chi connectivity index (χ1n) is 8.00. The molecule has 1 aromatic rings. The summed E-state index contributed by atoms with van der Waals surface area (Å²) in [5, 5.41) is 0. The van der Waals surface area contributed by atoms with E-state index in [4.69, 9.17) is 5.73 Å². The lowest BCUT2D eigenvalue weighted by molar-refractivity contribution is 0.233. The van der Waals surface area contributed by atoms with Crippen LogP contribution in [0.25, 0.3) is 0 Å². The Bertz CT molecular complexity index is 360. The summed E-state index contributed by atoms with van der Waals surface area (Å²) < 4.78 is 0. The van der Waals surface area contributed by atoms with Crippen molar-refractivity contribution in [2.45, 2.75) is 64.8 Å². The Hall–Kier alpha value is -0.820. The van der Waals surface area contributed by atoms with Crippen molar-refractivity contribution in [3.05, 3.63) is 35.4 Å². The standard InChI is InChI=1S/C18H29N/c1-3-15-8-11-17(12-9-15)18(19)13-10-16-6-4-14(2)5-7-16/h4-7,15,17-18H,3,8-13,19H2,1-2H3. The Morgan fingerprint density at radius 3 is 2.32 bits per heavy atom. The van der Waals surface area contributed by atoms with Crippen LogP contribution in [0.15, 0.2) is 24.3 Å². The van der Waals surface area contributed by atoms with E-state index >= 15 is 0 Å². The van der Waals surface area contributed by atoms with Crippen LogP contribution >= 0.6 is 0 Å². The lowest BCUT2D eigenvalue weighted by atomic mass is 9.77. The largest absolute Gasteiger partial charge is 0.327 e. The van der Waals surface area contributed by atoms with Gasteiger partial charge in [0.1, 0.15) is 0 Å². The van der Waals surface area contributed by atoms with Crippen LogP contribution in [0.4, 0.5) is 0 Å². The highest BCUT2D eigenvalue weighted by molar-refractivity contribution is 5.21. The monoisotopic (exact) mass is 259 g/mol. The Kier molecular flexibility index (Phi) is 5.45. The van der Waals surface area contributed by atoms with Crippen molar-refractivity contribution in [2.75, 3.05) is 0 Å². The fourth-order valence-corrected chi connectivity index (χ4v) is 3.35. The van der Waals surface area contributed by atoms with Crippen LogP contribution in [-0.2, 0) is 6.42 Å². The molecule has 1 nitrogen and oxygen atoms in total. The molecule has 1 aliphatic rings. The van der Waals surface area contributed by atoms with Crippen molar-refractivity contribution in [2.24, 2.45) is 17.6 Å². The molecule has 0 amide bonds. The molecular formula is C18H29N. The first kappa shape index (κ1) is 14.6. The lowest BCUT2D eigenvalue weighted by Crippen LogP contribution is -2.33. The average Bonchev–Trinajstić information content (AvgIpc) is 2.46. The van der Waals surface area contributed by atoms with Gasteiger partial charge in [0.25, 0.3) is 0 Å². The quantitative estimate of drug-likeness (QED) is 0.829. The molecule has 106 valence electrons. The van der Waals surface area contributed by atoms with Gasteiger partial charge >= 0.3 is 0 Å². The fourth-order valence-electron chi connectivity index (χ4n) is 3.35. The lowest BCUT2D eigenvalue weighted by Gasteiger charge is -2.31. The maximum Gasteiger partial charge on any atom is 0.00703 e. The molecule has 1 atom stereocenters. The van der Waals surface area contributed by atoms with E-state index in [2.05, 4.69) is 38.1 Å². The topological polar surface area (TPSA) is 26.0 Å². The van der Waals surface area contributed by atoms with E-state index in [1.54, 1.807) is 0 Å². The highest BCUT2D eigenvalue weighted by Crippen LogP contribution is 2.32. The second kappa shape index (κ2) is 7.09. The van der Waals surface area contributed by atoms with E-state index in [1.165, 1.54) is 43.2 Å². The molecule has 2 N–H and O–H groups in total. The van der Waals surface area contributed by atoms with Gasteiger partial charge in [-0.15, -0.1) is 0 Å². The first-order valence-corrected chi connectivity index (χ1v) is 8.00. The van der Waals surface area contributed by atoms with E-state index in [0.717, 1.165) is 24.7 Å². The molecule has 19 heavy (non-hydrogen) atoms. The summed E-state index contributed by atoms with van der Waals surface area (Å²) in [4.78, 5) is 0. The second-order valence-electron chi connectivity index (χ2n) is 6.38. The molecule has 1 heteroatoms. The van der Waals surface area contributed by atoms with Crippen LogP contribution in [-0.4, -0.2) is 6.04 Å². The highest BCUT2D eigenvalue weighted by Gasteiger charge is 2.24. The summed E-state index contributed by atoms with van der Waals surface area (Å²) >= 11 is 0. The van der Waals surface area contributed by atoms with Gasteiger partial charge in [-0.1, -0.05) is 56.0 Å². The van der Waals surface area contributed by atoms with Crippen LogP contribution in [0, 0.1) is 18.8 Å². The summed E-state index contributed by atoms with van der Waals surface area (Å²) in [7, 11) is 0. The third-order valence-electron chi connectivity index (χ3n) is 4.96. The van der Waals surface area contributed by atoms with E-state index in [0.29, 0.717) is 6.04 Å². The zero-order valence-electron chi connectivity index (χ0n) is 12.6. The Morgan fingerprint density at radius 2 is 1.74 bits per heavy atom. The predicted molar refractivity (Wildman–Crippen MR) is 83.2 cm³/mol. The number of nitrogens with two attached hydrogens (primary N) is 1. The molecular weight excluding hydrogens is 230 g/mol. The number of rotatable bonds is 5. The predicted octanol–water partition coefficient (Wildman–Crippen LogP) is 4.47. The molecule has 0 saturated heterocycles. The summed E-state index contributed by atoms with van der Waals surface area (Å²) in [6.07, 6.45) is 9.14. The van der Waals surface area contributed by atoms with Gasteiger partial charge < -0.3 is 5.73 Å². The Morgan fingerprint density at radius 1 is 1.11 bits per heavy atom. The molecule has 1 fully saturated rings. The van der Waals surface area contributed by atoms with Crippen molar-refractivity contribution < 1.29 is 0 Å². The Balaban J connectivity index is 1.75.